The van der Waals surface area contributed by atoms with Crippen LogP contribution in [0.2, 0.25) is 0 Å². The zero-order valence-electron chi connectivity index (χ0n) is 14.6. The number of piperazine rings is 1. The molecule has 1 atom stereocenters. The van der Waals surface area contributed by atoms with Gasteiger partial charge < -0.3 is 10.1 Å². The molecule has 1 saturated heterocycles. The van der Waals surface area contributed by atoms with Gasteiger partial charge in [0.15, 0.2) is 5.75 Å². The lowest BCUT2D eigenvalue weighted by Gasteiger charge is -2.42. The molecule has 1 heterocycles. The minimum atomic E-state index is -0.375. The van der Waals surface area contributed by atoms with Crippen molar-refractivity contribution in [3.05, 3.63) is 33.9 Å². The van der Waals surface area contributed by atoms with Crippen molar-refractivity contribution in [1.82, 2.24) is 10.2 Å². The fraction of sp³-hybridized carbons (Fsp3) is 0.625. The number of benzene rings is 1. The molecule has 0 saturated carbocycles. The fourth-order valence-corrected chi connectivity index (χ4v) is 3.22. The molecule has 0 spiro atoms. The number of hydrogen-bond acceptors (Lipinski definition) is 5. The van der Waals surface area contributed by atoms with E-state index in [0.29, 0.717) is 5.75 Å². The number of nitrogens with zero attached hydrogens (tertiary/aromatic N) is 2. The molecule has 6 nitrogen and oxygen atoms in total. The lowest BCUT2D eigenvalue weighted by molar-refractivity contribution is -0.385. The third-order valence-electron chi connectivity index (χ3n) is 4.05. The summed E-state index contributed by atoms with van der Waals surface area (Å²) in [5.74, 6) is 0.307. The van der Waals surface area contributed by atoms with E-state index < -0.39 is 0 Å². The molecule has 0 bridgehead atoms. The third-order valence-corrected chi connectivity index (χ3v) is 4.05. The molecule has 0 amide bonds. The van der Waals surface area contributed by atoms with E-state index in [1.54, 1.807) is 12.1 Å². The summed E-state index contributed by atoms with van der Waals surface area (Å²) in [4.78, 5) is 13.3. The predicted molar refractivity (Wildman–Crippen MR) is 101 cm³/mol. The minimum Gasteiger partial charge on any atom is -0.490 e. The molecule has 1 aromatic rings. The number of nitro groups is 1. The lowest BCUT2D eigenvalue weighted by atomic mass is 9.80. The zero-order chi connectivity index (χ0) is 16.3. The topological polar surface area (TPSA) is 67.6 Å². The van der Waals surface area contributed by atoms with E-state index in [2.05, 4.69) is 31.0 Å². The molecule has 0 unspecified atom stereocenters. The normalized spacial score (nSPS) is 16.5. The zero-order valence-corrected chi connectivity index (χ0v) is 16.2. The van der Waals surface area contributed by atoms with Gasteiger partial charge in [-0.05, 0) is 17.0 Å². The highest BCUT2D eigenvalue weighted by Crippen LogP contribution is 2.40. The molecule has 1 aromatic carbocycles. The standard InChI is InChI=1S/C16H25N3O3.2ClH/c1-16(2,3)15(18-9-7-17-8-10-18)12-5-6-14(22-4)13(11-12)19(20)21;;/h5-6,11,15,17H,7-10H2,1-4H3;2*1H/t15-;;/m0../s1. The lowest BCUT2D eigenvalue weighted by Crippen LogP contribution is -2.48. The third kappa shape index (κ3) is 5.21. The molecule has 138 valence electrons. The first kappa shape index (κ1) is 22.9. The number of rotatable bonds is 4. The Labute approximate surface area is 155 Å². The van der Waals surface area contributed by atoms with Crippen molar-refractivity contribution in [3.8, 4) is 5.75 Å². The summed E-state index contributed by atoms with van der Waals surface area (Å²) in [6.07, 6.45) is 0. The van der Waals surface area contributed by atoms with Crippen LogP contribution in [0.5, 0.6) is 5.75 Å². The summed E-state index contributed by atoms with van der Waals surface area (Å²) >= 11 is 0. The van der Waals surface area contributed by atoms with Gasteiger partial charge in [-0.15, -0.1) is 24.8 Å². The maximum atomic E-state index is 11.3. The highest BCUT2D eigenvalue weighted by molar-refractivity contribution is 5.85. The van der Waals surface area contributed by atoms with Crippen molar-refractivity contribution in [3.63, 3.8) is 0 Å². The Hall–Kier alpha value is -1.08. The van der Waals surface area contributed by atoms with E-state index in [1.165, 1.54) is 7.11 Å². The maximum Gasteiger partial charge on any atom is 0.311 e. The van der Waals surface area contributed by atoms with Gasteiger partial charge in [0.1, 0.15) is 0 Å². The number of nitro benzene ring substituents is 1. The highest BCUT2D eigenvalue weighted by Gasteiger charge is 2.33. The number of ether oxygens (including phenoxy) is 1. The quantitative estimate of drug-likeness (QED) is 0.640. The van der Waals surface area contributed by atoms with Crippen LogP contribution in [0.1, 0.15) is 32.4 Å². The van der Waals surface area contributed by atoms with Crippen LogP contribution < -0.4 is 10.1 Å². The second kappa shape index (κ2) is 9.42. The molecule has 0 radical (unpaired) electrons. The Bertz CT molecular complexity index is 544. The predicted octanol–water partition coefficient (Wildman–Crippen LogP) is 3.44. The van der Waals surface area contributed by atoms with E-state index in [4.69, 9.17) is 4.74 Å². The fourth-order valence-electron chi connectivity index (χ4n) is 3.22. The van der Waals surface area contributed by atoms with Gasteiger partial charge in [-0.2, -0.15) is 0 Å². The average Bonchev–Trinajstić information content (AvgIpc) is 2.47. The first-order chi connectivity index (χ1) is 10.3. The van der Waals surface area contributed by atoms with Gasteiger partial charge in [0.05, 0.1) is 12.0 Å². The first-order valence-electron chi connectivity index (χ1n) is 7.61. The molecular weight excluding hydrogens is 353 g/mol. The van der Waals surface area contributed by atoms with E-state index in [1.807, 2.05) is 6.07 Å². The monoisotopic (exact) mass is 379 g/mol. The number of nitrogens with one attached hydrogen (secondary N) is 1. The van der Waals surface area contributed by atoms with Crippen molar-refractivity contribution >= 4 is 30.5 Å². The van der Waals surface area contributed by atoms with Gasteiger partial charge in [0, 0.05) is 38.3 Å². The molecule has 2 rings (SSSR count). The molecule has 1 aliphatic rings. The van der Waals surface area contributed by atoms with Crippen LogP contribution in [-0.4, -0.2) is 43.1 Å². The Balaban J connectivity index is 0.00000264. The largest absolute Gasteiger partial charge is 0.490 e. The van der Waals surface area contributed by atoms with Crippen LogP contribution in [0.3, 0.4) is 0 Å². The van der Waals surface area contributed by atoms with E-state index in [9.17, 15) is 10.1 Å². The molecular formula is C16H27Cl2N3O3. The SMILES string of the molecule is COc1ccc([C@H](N2CCNCC2)C(C)(C)C)cc1[N+](=O)[O-].Cl.Cl. The van der Waals surface area contributed by atoms with Gasteiger partial charge in [-0.1, -0.05) is 26.8 Å². The molecule has 8 heteroatoms. The second-order valence-electron chi connectivity index (χ2n) is 6.74. The Morgan fingerprint density at radius 2 is 1.83 bits per heavy atom. The van der Waals surface area contributed by atoms with E-state index >= 15 is 0 Å². The Kier molecular flexibility index (Phi) is 8.99. The molecule has 24 heavy (non-hydrogen) atoms. The summed E-state index contributed by atoms with van der Waals surface area (Å²) in [5.41, 5.74) is 0.992. The van der Waals surface area contributed by atoms with Gasteiger partial charge >= 0.3 is 5.69 Å². The van der Waals surface area contributed by atoms with Gasteiger partial charge in [-0.3, -0.25) is 15.0 Å². The molecule has 1 fully saturated rings. The first-order valence-corrected chi connectivity index (χ1v) is 7.61. The molecule has 1 N–H and O–H groups in total. The summed E-state index contributed by atoms with van der Waals surface area (Å²) in [6, 6.07) is 5.45. The summed E-state index contributed by atoms with van der Waals surface area (Å²) in [5, 5.41) is 14.6. The van der Waals surface area contributed by atoms with Crippen LogP contribution in [-0.2, 0) is 0 Å². The smallest absolute Gasteiger partial charge is 0.311 e. The van der Waals surface area contributed by atoms with Crippen LogP contribution in [0, 0.1) is 15.5 Å². The van der Waals surface area contributed by atoms with Crippen molar-refractivity contribution in [2.24, 2.45) is 5.41 Å². The van der Waals surface area contributed by atoms with Gasteiger partial charge in [0.2, 0.25) is 0 Å². The summed E-state index contributed by atoms with van der Waals surface area (Å²) in [6.45, 7) is 10.3. The Morgan fingerprint density at radius 3 is 2.29 bits per heavy atom. The molecule has 0 aliphatic carbocycles. The number of hydrogen-bond donors (Lipinski definition) is 1. The molecule has 1 aliphatic heterocycles. The van der Waals surface area contributed by atoms with Crippen LogP contribution in [0.4, 0.5) is 5.69 Å². The van der Waals surface area contributed by atoms with Crippen LogP contribution >= 0.6 is 24.8 Å². The molecule has 0 aromatic heterocycles. The van der Waals surface area contributed by atoms with Crippen molar-refractivity contribution in [2.45, 2.75) is 26.8 Å². The average molecular weight is 380 g/mol. The van der Waals surface area contributed by atoms with Gasteiger partial charge in [-0.25, -0.2) is 0 Å². The number of halogens is 2. The minimum absolute atomic E-state index is 0. The van der Waals surface area contributed by atoms with Crippen molar-refractivity contribution < 1.29 is 9.66 Å². The van der Waals surface area contributed by atoms with Crippen molar-refractivity contribution in [1.29, 1.82) is 0 Å². The van der Waals surface area contributed by atoms with Crippen molar-refractivity contribution in [2.75, 3.05) is 33.3 Å². The van der Waals surface area contributed by atoms with Crippen LogP contribution in [0.15, 0.2) is 18.2 Å². The number of methoxy groups -OCH3 is 1. The Morgan fingerprint density at radius 1 is 1.25 bits per heavy atom. The maximum absolute atomic E-state index is 11.3. The van der Waals surface area contributed by atoms with Crippen LogP contribution in [0.25, 0.3) is 0 Å². The second-order valence-corrected chi connectivity index (χ2v) is 6.74. The van der Waals surface area contributed by atoms with Gasteiger partial charge in [0.25, 0.3) is 0 Å². The highest BCUT2D eigenvalue weighted by atomic mass is 35.5. The summed E-state index contributed by atoms with van der Waals surface area (Å²) in [7, 11) is 1.46. The van der Waals surface area contributed by atoms with E-state index in [0.717, 1.165) is 31.7 Å². The summed E-state index contributed by atoms with van der Waals surface area (Å²) < 4.78 is 5.11. The van der Waals surface area contributed by atoms with E-state index in [-0.39, 0.29) is 46.9 Å².